The second kappa shape index (κ2) is 9.24. The summed E-state index contributed by atoms with van der Waals surface area (Å²) in [6.45, 7) is 5.56. The van der Waals surface area contributed by atoms with Crippen LogP contribution in [0.1, 0.15) is 60.8 Å². The molecule has 1 N–H and O–H groups in total. The first-order chi connectivity index (χ1) is 13.5. The van der Waals surface area contributed by atoms with Gasteiger partial charge in [-0.3, -0.25) is 4.79 Å². The van der Waals surface area contributed by atoms with Crippen molar-refractivity contribution in [1.82, 2.24) is 0 Å². The Bertz CT molecular complexity index is 829. The minimum atomic E-state index is -0.629. The highest BCUT2D eigenvalue weighted by molar-refractivity contribution is 7.17. The topological polar surface area (TPSA) is 64.6 Å². The summed E-state index contributed by atoms with van der Waals surface area (Å²) in [6.07, 6.45) is 3.63. The van der Waals surface area contributed by atoms with Crippen LogP contribution in [0.15, 0.2) is 30.3 Å². The van der Waals surface area contributed by atoms with Crippen molar-refractivity contribution in [3.05, 3.63) is 46.3 Å². The summed E-state index contributed by atoms with van der Waals surface area (Å²) >= 11 is 1.49. The van der Waals surface area contributed by atoms with Crippen LogP contribution in [0.3, 0.4) is 0 Å². The molecule has 0 unspecified atom stereocenters. The van der Waals surface area contributed by atoms with E-state index in [1.54, 1.807) is 0 Å². The number of carbonyl (C=O) groups is 2. The van der Waals surface area contributed by atoms with Crippen molar-refractivity contribution >= 4 is 28.2 Å². The lowest BCUT2D eigenvalue weighted by Crippen LogP contribution is -2.32. The van der Waals surface area contributed by atoms with Crippen molar-refractivity contribution in [2.75, 3.05) is 5.32 Å². The molecule has 0 saturated carbocycles. The number of rotatable bonds is 7. The van der Waals surface area contributed by atoms with Crippen LogP contribution >= 0.6 is 11.3 Å². The quantitative estimate of drug-likeness (QED) is 0.664. The molecular weight excluding hydrogens is 374 g/mol. The molecule has 28 heavy (non-hydrogen) atoms. The summed E-state index contributed by atoms with van der Waals surface area (Å²) in [4.78, 5) is 26.8. The maximum absolute atomic E-state index is 12.9. The lowest BCUT2D eigenvalue weighted by molar-refractivity contribution is -0.122. The molecule has 0 aliphatic heterocycles. The van der Waals surface area contributed by atoms with Crippen LogP contribution in [0, 0.1) is 0 Å². The fourth-order valence-corrected chi connectivity index (χ4v) is 4.60. The average Bonchev–Trinajstić information content (AvgIpc) is 3.04. The van der Waals surface area contributed by atoms with E-state index in [1.165, 1.54) is 16.2 Å². The van der Waals surface area contributed by atoms with E-state index in [4.69, 9.17) is 9.47 Å². The van der Waals surface area contributed by atoms with E-state index in [-0.39, 0.29) is 18.0 Å². The van der Waals surface area contributed by atoms with Gasteiger partial charge in [0.25, 0.3) is 5.91 Å². The molecule has 6 heteroatoms. The molecule has 150 valence electrons. The predicted molar refractivity (Wildman–Crippen MR) is 111 cm³/mol. The third-order valence-corrected chi connectivity index (χ3v) is 5.85. The number of anilines is 1. The minimum Gasteiger partial charge on any atom is -0.481 e. The Hall–Kier alpha value is -2.34. The highest BCUT2D eigenvalue weighted by Gasteiger charge is 2.29. The normalized spacial score (nSPS) is 14.3. The fraction of sp³-hybridized carbons (Fsp3) is 0.455. The fourth-order valence-electron chi connectivity index (χ4n) is 3.32. The summed E-state index contributed by atoms with van der Waals surface area (Å²) < 4.78 is 11.3. The van der Waals surface area contributed by atoms with E-state index in [0.29, 0.717) is 22.7 Å². The number of benzene rings is 1. The van der Waals surface area contributed by atoms with E-state index in [9.17, 15) is 9.59 Å². The van der Waals surface area contributed by atoms with Crippen LogP contribution in [0.5, 0.6) is 5.75 Å². The molecule has 0 saturated heterocycles. The van der Waals surface area contributed by atoms with Gasteiger partial charge in [-0.25, -0.2) is 4.79 Å². The molecule has 0 spiro atoms. The maximum Gasteiger partial charge on any atom is 0.341 e. The second-order valence-electron chi connectivity index (χ2n) is 7.19. The van der Waals surface area contributed by atoms with Gasteiger partial charge in [0.15, 0.2) is 6.10 Å². The lowest BCUT2D eigenvalue weighted by atomic mass is 9.95. The molecule has 1 aromatic carbocycles. The largest absolute Gasteiger partial charge is 0.481 e. The number of aryl methyl sites for hydroxylation is 1. The van der Waals surface area contributed by atoms with Gasteiger partial charge in [-0.2, -0.15) is 0 Å². The van der Waals surface area contributed by atoms with Crippen LogP contribution < -0.4 is 10.1 Å². The van der Waals surface area contributed by atoms with Gasteiger partial charge >= 0.3 is 5.97 Å². The number of amides is 1. The molecule has 1 aliphatic carbocycles. The van der Waals surface area contributed by atoms with E-state index >= 15 is 0 Å². The number of ether oxygens (including phenoxy) is 2. The number of nitrogens with one attached hydrogen (secondary N) is 1. The minimum absolute atomic E-state index is 0.208. The first-order valence-corrected chi connectivity index (χ1v) is 10.7. The standard InChI is InChI=1S/C22H27NO4S/c1-4-17(27-15-10-6-5-7-11-15)20(24)23-21-19(22(25)26-14(2)3)16-12-8-9-13-18(16)28-21/h5-7,10-11,14,17H,4,8-9,12-13H2,1-3H3,(H,23,24)/t17-/m0/s1. The molecule has 1 aromatic heterocycles. The number of hydrogen-bond acceptors (Lipinski definition) is 5. The van der Waals surface area contributed by atoms with Crippen LogP contribution in [0.2, 0.25) is 0 Å². The smallest absolute Gasteiger partial charge is 0.341 e. The summed E-state index contributed by atoms with van der Waals surface area (Å²) in [5, 5.41) is 3.53. The Balaban J connectivity index is 1.83. The third-order valence-electron chi connectivity index (χ3n) is 4.64. The van der Waals surface area contributed by atoms with Gasteiger partial charge in [0.1, 0.15) is 10.8 Å². The highest BCUT2D eigenvalue weighted by atomic mass is 32.1. The maximum atomic E-state index is 12.9. The predicted octanol–water partition coefficient (Wildman–Crippen LogP) is 4.99. The number of hydrogen-bond donors (Lipinski definition) is 1. The SMILES string of the molecule is CC[C@H](Oc1ccccc1)C(=O)Nc1sc2c(c1C(=O)OC(C)C)CCCC2. The first-order valence-electron chi connectivity index (χ1n) is 9.87. The molecule has 0 radical (unpaired) electrons. The molecule has 0 fully saturated rings. The number of esters is 1. The van der Waals surface area contributed by atoms with Crippen LogP contribution in [-0.4, -0.2) is 24.1 Å². The second-order valence-corrected chi connectivity index (χ2v) is 8.29. The summed E-state index contributed by atoms with van der Waals surface area (Å²) in [5.41, 5.74) is 1.56. The van der Waals surface area contributed by atoms with Crippen molar-refractivity contribution in [2.24, 2.45) is 0 Å². The Kier molecular flexibility index (Phi) is 6.73. The van der Waals surface area contributed by atoms with E-state index < -0.39 is 6.10 Å². The molecule has 1 heterocycles. The molecule has 0 bridgehead atoms. The number of carbonyl (C=O) groups excluding carboxylic acids is 2. The van der Waals surface area contributed by atoms with E-state index in [0.717, 1.165) is 31.2 Å². The van der Waals surface area contributed by atoms with Crippen molar-refractivity contribution in [3.63, 3.8) is 0 Å². The average molecular weight is 402 g/mol. The van der Waals surface area contributed by atoms with Crippen molar-refractivity contribution in [3.8, 4) is 5.75 Å². The summed E-state index contributed by atoms with van der Waals surface area (Å²) in [6, 6.07) is 9.29. The molecule has 1 atom stereocenters. The lowest BCUT2D eigenvalue weighted by Gasteiger charge is -2.17. The summed E-state index contributed by atoms with van der Waals surface area (Å²) in [5.74, 6) is 0.0414. The Morgan fingerprint density at radius 1 is 1.14 bits per heavy atom. The Morgan fingerprint density at radius 3 is 2.54 bits per heavy atom. The van der Waals surface area contributed by atoms with Crippen molar-refractivity contribution in [2.45, 2.75) is 65.1 Å². The molecule has 1 aliphatic rings. The van der Waals surface area contributed by atoms with Gasteiger partial charge in [0.05, 0.1) is 11.7 Å². The number of para-hydroxylation sites is 1. The van der Waals surface area contributed by atoms with Crippen LogP contribution in [-0.2, 0) is 22.4 Å². The van der Waals surface area contributed by atoms with Crippen molar-refractivity contribution < 1.29 is 19.1 Å². The Morgan fingerprint density at radius 2 is 1.86 bits per heavy atom. The van der Waals surface area contributed by atoms with Gasteiger partial charge < -0.3 is 14.8 Å². The number of fused-ring (bicyclic) bond motifs is 1. The highest BCUT2D eigenvalue weighted by Crippen LogP contribution is 2.39. The molecule has 5 nitrogen and oxygen atoms in total. The van der Waals surface area contributed by atoms with Gasteiger partial charge in [0.2, 0.25) is 0 Å². The van der Waals surface area contributed by atoms with Gasteiger partial charge in [-0.1, -0.05) is 25.1 Å². The van der Waals surface area contributed by atoms with Gasteiger partial charge in [-0.05, 0) is 63.6 Å². The first kappa shape index (κ1) is 20.4. The van der Waals surface area contributed by atoms with E-state index in [1.807, 2.05) is 51.1 Å². The zero-order chi connectivity index (χ0) is 20.1. The summed E-state index contributed by atoms with van der Waals surface area (Å²) in [7, 11) is 0. The molecule has 3 rings (SSSR count). The Labute approximate surface area is 170 Å². The zero-order valence-corrected chi connectivity index (χ0v) is 17.4. The number of thiophene rings is 1. The molecular formula is C22H27NO4S. The van der Waals surface area contributed by atoms with Crippen LogP contribution in [0.4, 0.5) is 5.00 Å². The third kappa shape index (κ3) is 4.73. The monoisotopic (exact) mass is 401 g/mol. The van der Waals surface area contributed by atoms with Crippen molar-refractivity contribution in [1.29, 1.82) is 0 Å². The van der Waals surface area contributed by atoms with Gasteiger partial charge in [0, 0.05) is 4.88 Å². The zero-order valence-electron chi connectivity index (χ0n) is 16.6. The molecule has 1 amide bonds. The van der Waals surface area contributed by atoms with Crippen LogP contribution in [0.25, 0.3) is 0 Å². The van der Waals surface area contributed by atoms with Gasteiger partial charge in [-0.15, -0.1) is 11.3 Å². The van der Waals surface area contributed by atoms with E-state index in [2.05, 4.69) is 5.32 Å². The molecule has 2 aromatic rings.